The maximum absolute atomic E-state index is 12.8. The van der Waals surface area contributed by atoms with E-state index in [2.05, 4.69) is 51.2 Å². The van der Waals surface area contributed by atoms with Gasteiger partial charge in [0.05, 0.1) is 16.9 Å². The molecule has 0 bridgehead atoms. The number of hydrogen-bond donors (Lipinski definition) is 2. The first kappa shape index (κ1) is 19.8. The van der Waals surface area contributed by atoms with E-state index in [0.717, 1.165) is 27.7 Å². The zero-order valence-electron chi connectivity index (χ0n) is 17.9. The minimum absolute atomic E-state index is 0.155. The zero-order valence-corrected chi connectivity index (χ0v) is 17.9. The van der Waals surface area contributed by atoms with Crippen molar-refractivity contribution in [3.8, 4) is 0 Å². The summed E-state index contributed by atoms with van der Waals surface area (Å²) in [7, 11) is 0. The maximum atomic E-state index is 12.8. The first-order valence-corrected chi connectivity index (χ1v) is 9.98. The van der Waals surface area contributed by atoms with E-state index in [0.29, 0.717) is 29.6 Å². The fraction of sp³-hybridized carbons (Fsp3) is 0.250. The van der Waals surface area contributed by atoms with E-state index in [-0.39, 0.29) is 5.56 Å². The Kier molecular flexibility index (Phi) is 5.08. The second kappa shape index (κ2) is 7.71. The Bertz CT molecular complexity index is 1320. The summed E-state index contributed by atoms with van der Waals surface area (Å²) in [6, 6.07) is 12.2. The molecule has 6 heteroatoms. The highest BCUT2D eigenvalue weighted by Gasteiger charge is 2.12. The molecule has 4 aromatic rings. The van der Waals surface area contributed by atoms with Crippen LogP contribution in [0.15, 0.2) is 41.2 Å². The topological polar surface area (TPSA) is 83.6 Å². The van der Waals surface area contributed by atoms with Gasteiger partial charge in [0.2, 0.25) is 11.9 Å². The van der Waals surface area contributed by atoms with E-state index in [9.17, 15) is 4.79 Å². The van der Waals surface area contributed by atoms with Crippen LogP contribution in [0.1, 0.15) is 39.2 Å². The predicted molar refractivity (Wildman–Crippen MR) is 121 cm³/mol. The standard InChI is InChI=1S/C24H25N5O/c1-13-8-6-7-9-18(13)12-20-17(5)26-24(28-22(20)30)29-23-25-16(4)19-10-14(2)15(3)11-21(19)27-23/h6-11H,12H2,1-5H3,(H2,25,26,27,28,29,30). The lowest BCUT2D eigenvalue weighted by Crippen LogP contribution is -2.19. The number of aromatic amines is 1. The molecular weight excluding hydrogens is 374 g/mol. The Balaban J connectivity index is 1.67. The molecule has 0 amide bonds. The van der Waals surface area contributed by atoms with Crippen molar-refractivity contribution in [2.24, 2.45) is 0 Å². The van der Waals surface area contributed by atoms with E-state index in [1.54, 1.807) is 0 Å². The van der Waals surface area contributed by atoms with Gasteiger partial charge in [-0.3, -0.25) is 15.1 Å². The summed E-state index contributed by atoms with van der Waals surface area (Å²) in [5.41, 5.74) is 7.60. The van der Waals surface area contributed by atoms with Gasteiger partial charge in [0, 0.05) is 17.4 Å². The summed E-state index contributed by atoms with van der Waals surface area (Å²) in [5.74, 6) is 0.756. The molecule has 2 heterocycles. The number of H-pyrrole nitrogens is 1. The molecule has 0 atom stereocenters. The third kappa shape index (κ3) is 3.81. The van der Waals surface area contributed by atoms with E-state index in [1.165, 1.54) is 11.1 Å². The molecule has 0 aliphatic rings. The SMILES string of the molecule is Cc1cc2nc(Nc3nc(C)c(Cc4ccccc4C)c(=O)[nH]3)nc(C)c2cc1C. The number of aromatic nitrogens is 4. The Morgan fingerprint density at radius 1 is 0.867 bits per heavy atom. The van der Waals surface area contributed by atoms with E-state index in [4.69, 9.17) is 0 Å². The van der Waals surface area contributed by atoms with Gasteiger partial charge in [-0.2, -0.15) is 0 Å². The predicted octanol–water partition coefficient (Wildman–Crippen LogP) is 4.59. The quantitative estimate of drug-likeness (QED) is 0.524. The van der Waals surface area contributed by atoms with Crippen LogP contribution >= 0.6 is 0 Å². The first-order chi connectivity index (χ1) is 14.3. The van der Waals surface area contributed by atoms with Crippen molar-refractivity contribution in [2.75, 3.05) is 5.32 Å². The fourth-order valence-electron chi connectivity index (χ4n) is 3.58. The van der Waals surface area contributed by atoms with Crippen molar-refractivity contribution in [1.82, 2.24) is 19.9 Å². The molecule has 0 fully saturated rings. The molecule has 0 spiro atoms. The van der Waals surface area contributed by atoms with Gasteiger partial charge in [0.25, 0.3) is 5.56 Å². The number of aryl methyl sites for hydroxylation is 5. The Hall–Kier alpha value is -3.54. The molecule has 30 heavy (non-hydrogen) atoms. The highest BCUT2D eigenvalue weighted by Crippen LogP contribution is 2.22. The van der Waals surface area contributed by atoms with Crippen molar-refractivity contribution < 1.29 is 0 Å². The molecule has 4 rings (SSSR count). The highest BCUT2D eigenvalue weighted by molar-refractivity contribution is 5.83. The smallest absolute Gasteiger partial charge is 0.256 e. The van der Waals surface area contributed by atoms with Crippen LogP contribution in [0, 0.1) is 34.6 Å². The van der Waals surface area contributed by atoms with E-state index >= 15 is 0 Å². The molecule has 0 aliphatic carbocycles. The average molecular weight is 399 g/mol. The van der Waals surface area contributed by atoms with Gasteiger partial charge < -0.3 is 0 Å². The van der Waals surface area contributed by atoms with Crippen molar-refractivity contribution in [3.63, 3.8) is 0 Å². The largest absolute Gasteiger partial charge is 0.294 e. The normalized spacial score (nSPS) is 11.1. The molecule has 0 saturated heterocycles. The van der Waals surface area contributed by atoms with E-state index in [1.807, 2.05) is 45.0 Å². The van der Waals surface area contributed by atoms with Gasteiger partial charge in [-0.15, -0.1) is 0 Å². The summed E-state index contributed by atoms with van der Waals surface area (Å²) in [5, 5.41) is 4.09. The van der Waals surface area contributed by atoms with Gasteiger partial charge in [-0.1, -0.05) is 24.3 Å². The van der Waals surface area contributed by atoms with Crippen LogP contribution in [-0.2, 0) is 6.42 Å². The minimum atomic E-state index is -0.155. The van der Waals surface area contributed by atoms with Crippen molar-refractivity contribution in [3.05, 3.63) is 86.0 Å². The van der Waals surface area contributed by atoms with Crippen molar-refractivity contribution in [1.29, 1.82) is 0 Å². The summed E-state index contributed by atoms with van der Waals surface area (Å²) in [6.07, 6.45) is 0.547. The number of anilines is 2. The summed E-state index contributed by atoms with van der Waals surface area (Å²) in [4.78, 5) is 29.3. The summed E-state index contributed by atoms with van der Waals surface area (Å²) >= 11 is 0. The molecule has 0 unspecified atom stereocenters. The lowest BCUT2D eigenvalue weighted by Gasteiger charge is -2.11. The number of fused-ring (bicyclic) bond motifs is 1. The molecule has 6 nitrogen and oxygen atoms in total. The number of hydrogen-bond acceptors (Lipinski definition) is 5. The van der Waals surface area contributed by atoms with Gasteiger partial charge in [-0.25, -0.2) is 15.0 Å². The second-order valence-electron chi connectivity index (χ2n) is 7.79. The third-order valence-corrected chi connectivity index (χ3v) is 5.58. The van der Waals surface area contributed by atoms with Gasteiger partial charge >= 0.3 is 0 Å². The van der Waals surface area contributed by atoms with Crippen LogP contribution in [0.5, 0.6) is 0 Å². The molecule has 2 N–H and O–H groups in total. The minimum Gasteiger partial charge on any atom is -0.294 e. The first-order valence-electron chi connectivity index (χ1n) is 9.98. The van der Waals surface area contributed by atoms with Crippen LogP contribution in [-0.4, -0.2) is 19.9 Å². The lowest BCUT2D eigenvalue weighted by atomic mass is 10.0. The van der Waals surface area contributed by atoms with Crippen LogP contribution in [0.2, 0.25) is 0 Å². The average Bonchev–Trinajstić information content (AvgIpc) is 2.68. The maximum Gasteiger partial charge on any atom is 0.256 e. The van der Waals surface area contributed by atoms with Crippen molar-refractivity contribution in [2.45, 2.75) is 41.0 Å². The number of rotatable bonds is 4. The molecule has 152 valence electrons. The van der Waals surface area contributed by atoms with Gasteiger partial charge in [0.15, 0.2) is 0 Å². The lowest BCUT2D eigenvalue weighted by molar-refractivity contribution is 0.974. The van der Waals surface area contributed by atoms with Crippen LogP contribution in [0.4, 0.5) is 11.9 Å². The molecule has 0 radical (unpaired) electrons. The number of benzene rings is 2. The molecule has 2 aromatic carbocycles. The third-order valence-electron chi connectivity index (χ3n) is 5.58. The Morgan fingerprint density at radius 3 is 2.33 bits per heavy atom. The van der Waals surface area contributed by atoms with Crippen molar-refractivity contribution >= 4 is 22.8 Å². The van der Waals surface area contributed by atoms with Crippen LogP contribution < -0.4 is 10.9 Å². The molecule has 0 aliphatic heterocycles. The number of nitrogens with one attached hydrogen (secondary N) is 2. The molecule has 0 saturated carbocycles. The second-order valence-corrected chi connectivity index (χ2v) is 7.79. The monoisotopic (exact) mass is 399 g/mol. The summed E-state index contributed by atoms with van der Waals surface area (Å²) < 4.78 is 0. The van der Waals surface area contributed by atoms with Crippen LogP contribution in [0.25, 0.3) is 10.9 Å². The van der Waals surface area contributed by atoms with Gasteiger partial charge in [-0.05, 0) is 69.0 Å². The Labute approximate surface area is 175 Å². The zero-order chi connectivity index (χ0) is 21.4. The Morgan fingerprint density at radius 2 is 1.60 bits per heavy atom. The molecular formula is C24H25N5O. The van der Waals surface area contributed by atoms with Gasteiger partial charge in [0.1, 0.15) is 0 Å². The van der Waals surface area contributed by atoms with Crippen LogP contribution in [0.3, 0.4) is 0 Å². The highest BCUT2D eigenvalue weighted by atomic mass is 16.1. The summed E-state index contributed by atoms with van der Waals surface area (Å²) in [6.45, 7) is 10.00. The molecule has 2 aromatic heterocycles. The number of nitrogens with zero attached hydrogens (tertiary/aromatic N) is 3. The fourth-order valence-corrected chi connectivity index (χ4v) is 3.58. The van der Waals surface area contributed by atoms with E-state index < -0.39 is 0 Å².